The molecule has 0 aromatic carbocycles. The minimum Gasteiger partial charge on any atom is -0.356 e. The molecule has 0 spiro atoms. The summed E-state index contributed by atoms with van der Waals surface area (Å²) in [6.45, 7) is 53.8. The molecule has 0 aliphatic heterocycles. The number of rotatable bonds is 15. The van der Waals surface area contributed by atoms with Gasteiger partial charge < -0.3 is 16.0 Å². The molecule has 0 bridgehead atoms. The van der Waals surface area contributed by atoms with Gasteiger partial charge in [-0.2, -0.15) is 0 Å². The van der Waals surface area contributed by atoms with Crippen LogP contribution in [0.3, 0.4) is 0 Å². The van der Waals surface area contributed by atoms with E-state index in [2.05, 4.69) is 336 Å². The number of terminal acetylenes is 1. The van der Waals surface area contributed by atoms with Crippen molar-refractivity contribution in [2.24, 2.45) is 43.3 Å². The molecule has 9 nitrogen and oxygen atoms in total. The van der Waals surface area contributed by atoms with Crippen molar-refractivity contribution >= 4 is 35.1 Å². The Kier molecular flexibility index (Phi) is 51.7. The van der Waals surface area contributed by atoms with Gasteiger partial charge >= 0.3 is 0 Å². The Bertz CT molecular complexity index is 3600. The minimum absolute atomic E-state index is 0.0129. The van der Waals surface area contributed by atoms with Gasteiger partial charge in [0.1, 0.15) is 17.3 Å². The third kappa shape index (κ3) is 97.7. The molecule has 0 heterocycles. The van der Waals surface area contributed by atoms with E-state index in [0.29, 0.717) is 70.2 Å². The fourth-order valence-electron chi connectivity index (χ4n) is 5.88. The van der Waals surface area contributed by atoms with E-state index >= 15 is 0 Å². The zero-order valence-electron chi connectivity index (χ0n) is 62.2. The number of hydrogen-bond donors (Lipinski definition) is 3. The van der Waals surface area contributed by atoms with Crippen LogP contribution in [0.2, 0.25) is 0 Å². The molecule has 0 aliphatic carbocycles. The molecular formula is C86H105N3O6. The van der Waals surface area contributed by atoms with Gasteiger partial charge in [0.05, 0.1) is 0 Å². The molecule has 9 heteroatoms. The van der Waals surface area contributed by atoms with E-state index < -0.39 is 0 Å². The molecule has 0 aliphatic rings. The fraction of sp³-hybridized carbons (Fsp3) is 0.535. The van der Waals surface area contributed by atoms with Gasteiger partial charge in [-0.25, -0.2) is 0 Å². The first-order valence-electron chi connectivity index (χ1n) is 31.3. The number of carbonyl (C=O) groups is 6. The summed E-state index contributed by atoms with van der Waals surface area (Å²) < 4.78 is 0. The Morgan fingerprint density at radius 1 is 0.242 bits per heavy atom. The zero-order chi connectivity index (χ0) is 74.1. The topological polar surface area (TPSA) is 139 Å². The van der Waals surface area contributed by atoms with E-state index in [9.17, 15) is 28.8 Å². The fourth-order valence-corrected chi connectivity index (χ4v) is 5.88. The second-order valence-corrected chi connectivity index (χ2v) is 30.9. The predicted octanol–water partition coefficient (Wildman–Crippen LogP) is 13.0. The van der Waals surface area contributed by atoms with Crippen LogP contribution in [0.4, 0.5) is 0 Å². The van der Waals surface area contributed by atoms with Crippen LogP contribution >= 0.6 is 0 Å². The molecule has 0 unspecified atom stereocenters. The van der Waals surface area contributed by atoms with Gasteiger partial charge in [0, 0.05) is 172 Å². The first-order valence-corrected chi connectivity index (χ1v) is 31.3. The lowest BCUT2D eigenvalue weighted by molar-refractivity contribution is -0.126. The summed E-state index contributed by atoms with van der Waals surface area (Å²) >= 11 is 0. The molecule has 0 fully saturated rings. The molecule has 0 atom stereocenters. The molecule has 3 amide bonds. The zero-order valence-corrected chi connectivity index (χ0v) is 62.2. The van der Waals surface area contributed by atoms with Crippen molar-refractivity contribution < 1.29 is 28.8 Å². The van der Waals surface area contributed by atoms with Crippen LogP contribution in [0.5, 0.6) is 0 Å². The smallest absolute Gasteiger partial charge is 0.220 e. The molecule has 0 radical (unpaired) electrons. The summed E-state index contributed by atoms with van der Waals surface area (Å²) in [4.78, 5) is 69.1. The molecule has 0 rings (SSSR count). The summed E-state index contributed by atoms with van der Waals surface area (Å²) in [5.74, 6) is 82.7. The number of hydrogen-bond acceptors (Lipinski definition) is 6. The molecule has 0 aromatic rings. The number of nitrogens with one attached hydrogen (secondary N) is 3. The summed E-state index contributed by atoms with van der Waals surface area (Å²) in [7, 11) is 0. The molecule has 500 valence electrons. The number of amides is 3. The molecule has 0 saturated carbocycles. The normalized spacial score (nSPS) is 9.39. The summed E-state index contributed by atoms with van der Waals surface area (Å²) in [5, 5.41) is 8.64. The van der Waals surface area contributed by atoms with Gasteiger partial charge in [-0.15, -0.1) is 6.42 Å². The Hall–Kier alpha value is -10.1. The van der Waals surface area contributed by atoms with Gasteiger partial charge in [-0.1, -0.05) is 172 Å². The highest BCUT2D eigenvalue weighted by Crippen LogP contribution is 2.25. The highest BCUT2D eigenvalue weighted by atomic mass is 16.2. The summed E-state index contributed by atoms with van der Waals surface area (Å²) in [6.07, 6.45) is 10.4. The van der Waals surface area contributed by atoms with Gasteiger partial charge in [0.25, 0.3) is 0 Å². The van der Waals surface area contributed by atoms with Gasteiger partial charge in [-0.05, 0) is 151 Å². The maximum atomic E-state index is 11.6. The van der Waals surface area contributed by atoms with Crippen LogP contribution < -0.4 is 16.0 Å². The van der Waals surface area contributed by atoms with Crippen molar-refractivity contribution in [2.75, 3.05) is 19.6 Å². The summed E-state index contributed by atoms with van der Waals surface area (Å²) in [6, 6.07) is 0. The van der Waals surface area contributed by atoms with Crippen molar-refractivity contribution in [1.29, 1.82) is 0 Å². The standard InChI is InChI=1S/C35H4.2C14H27NO2.C12H24O.C11H23NO/c1-3-5-7-9-11-13-15-17-19-21-23-25-27-29-31-33-35-34-32-30-28-26-24-22-20-18-16-14-12-10-8-6-4-2;2*1-13(2,3)9-11(16)7-8-12(17)15-10-14(4,5)6;1-11(2,3)8-7-10(13)9-12(4,5)6;1-10(2,3)7-9(13)12-8-11(4,5)6/h1H,2H3;2*7-10H2,1-6H3,(H,15,17);7-9H2,1-6H3;7-8H2,1-6H3,(H,12,13). The lowest BCUT2D eigenvalue weighted by Crippen LogP contribution is -2.34. The van der Waals surface area contributed by atoms with Crippen LogP contribution in [0.1, 0.15) is 237 Å². The lowest BCUT2D eigenvalue weighted by atomic mass is 9.85. The SMILES string of the molecule is C#CC#CC#CC#CC#CC#CC#CC#CC#CC#CC#CC#CC#CC#CC#CC#CC#CC.CC(C)(C)CCC(=O)CC(C)(C)C.CC(C)(C)CNC(=O)CC(C)(C)C.CC(C)(C)CNC(=O)CCC(=O)CC(C)(C)C.CC(C)(C)CNC(=O)CCC(=O)CC(C)(C)C. The second-order valence-electron chi connectivity index (χ2n) is 30.9. The van der Waals surface area contributed by atoms with Crippen LogP contribution in [0, 0.1) is 245 Å². The highest BCUT2D eigenvalue weighted by Gasteiger charge is 2.21. The van der Waals surface area contributed by atoms with Crippen molar-refractivity contribution in [3.63, 3.8) is 0 Å². The van der Waals surface area contributed by atoms with E-state index in [-0.39, 0.29) is 72.6 Å². The van der Waals surface area contributed by atoms with E-state index in [4.69, 9.17) is 6.42 Å². The van der Waals surface area contributed by atoms with Crippen LogP contribution in [-0.2, 0) is 28.8 Å². The molecule has 3 N–H and O–H groups in total. The van der Waals surface area contributed by atoms with Crippen LogP contribution in [0.25, 0.3) is 0 Å². The van der Waals surface area contributed by atoms with Crippen LogP contribution in [0.15, 0.2) is 0 Å². The van der Waals surface area contributed by atoms with Crippen LogP contribution in [-0.4, -0.2) is 54.7 Å². The molecule has 95 heavy (non-hydrogen) atoms. The van der Waals surface area contributed by atoms with E-state index in [0.717, 1.165) is 19.4 Å². The first-order chi connectivity index (χ1) is 43.6. The second kappa shape index (κ2) is 52.4. The maximum absolute atomic E-state index is 11.6. The van der Waals surface area contributed by atoms with Crippen molar-refractivity contribution in [2.45, 2.75) is 237 Å². The Labute approximate surface area is 578 Å². The van der Waals surface area contributed by atoms with E-state index in [1.807, 2.05) is 41.5 Å². The van der Waals surface area contributed by atoms with Gasteiger partial charge in [-0.3, -0.25) is 28.8 Å². The third-order valence-electron chi connectivity index (χ3n) is 9.81. The molecule has 0 saturated heterocycles. The number of carbonyl (C=O) groups excluding carboxylic acids is 6. The number of Topliss-reactive ketones (excluding diaryl/α,β-unsaturated/α-hetero) is 3. The number of ketones is 3. The van der Waals surface area contributed by atoms with Gasteiger partial charge in [0.15, 0.2) is 0 Å². The Balaban J connectivity index is -0.000000381. The van der Waals surface area contributed by atoms with Gasteiger partial charge in [0.2, 0.25) is 17.7 Å². The average molecular weight is 1280 g/mol. The largest absolute Gasteiger partial charge is 0.356 e. The molecular weight excluding hydrogens is 1170 g/mol. The van der Waals surface area contributed by atoms with E-state index in [1.165, 1.54) is 0 Å². The highest BCUT2D eigenvalue weighted by molar-refractivity contribution is 5.86. The van der Waals surface area contributed by atoms with E-state index in [1.54, 1.807) is 6.92 Å². The Morgan fingerprint density at radius 3 is 0.632 bits per heavy atom. The van der Waals surface area contributed by atoms with Crippen molar-refractivity contribution in [3.8, 4) is 202 Å². The Morgan fingerprint density at radius 2 is 0.442 bits per heavy atom. The monoisotopic (exact) mass is 1280 g/mol. The summed E-state index contributed by atoms with van der Waals surface area (Å²) in [5.41, 5.74) is 0.895. The van der Waals surface area contributed by atoms with Crippen molar-refractivity contribution in [1.82, 2.24) is 16.0 Å². The first kappa shape index (κ1) is 93.7. The maximum Gasteiger partial charge on any atom is 0.220 e. The lowest BCUT2D eigenvalue weighted by Gasteiger charge is -2.21. The molecule has 0 aromatic heterocycles. The third-order valence-corrected chi connectivity index (χ3v) is 9.81. The predicted molar refractivity (Wildman–Crippen MR) is 395 cm³/mol. The van der Waals surface area contributed by atoms with Crippen molar-refractivity contribution in [3.05, 3.63) is 0 Å². The minimum atomic E-state index is -0.0258. The quantitative estimate of drug-likeness (QED) is 0.140. The average Bonchev–Trinajstić information content (AvgIpc) is 1.27.